The van der Waals surface area contributed by atoms with Gasteiger partial charge in [0.2, 0.25) is 0 Å². The molecule has 1 heterocycles. The van der Waals surface area contributed by atoms with Gasteiger partial charge in [-0.15, -0.1) is 0 Å². The van der Waals surface area contributed by atoms with E-state index in [1.54, 1.807) is 13.8 Å². The summed E-state index contributed by atoms with van der Waals surface area (Å²) in [7, 11) is 0. The molecule has 1 aliphatic heterocycles. The number of para-hydroxylation sites is 2. The highest BCUT2D eigenvalue weighted by Gasteiger charge is 2.29. The standard InChI is InChI=1S/C21H25NO4/c1-21(2,20(23)24)26-17-12-10-15(11-13-17)6-5-7-16-14-25-19-9-4-3-8-18(19)22-16/h3-4,8-13,16,22H,5-7,14H2,1-2H3,(H,23,24). The minimum absolute atomic E-state index is 0.323. The summed E-state index contributed by atoms with van der Waals surface area (Å²) in [6.07, 6.45) is 3.03. The zero-order chi connectivity index (χ0) is 18.6. The van der Waals surface area contributed by atoms with Crippen LogP contribution in [0.4, 0.5) is 5.69 Å². The van der Waals surface area contributed by atoms with Gasteiger partial charge in [-0.05, 0) is 62.9 Å². The Labute approximate surface area is 153 Å². The number of fused-ring (bicyclic) bond motifs is 1. The highest BCUT2D eigenvalue weighted by molar-refractivity contribution is 5.76. The van der Waals surface area contributed by atoms with Crippen LogP contribution < -0.4 is 14.8 Å². The lowest BCUT2D eigenvalue weighted by molar-refractivity contribution is -0.152. The van der Waals surface area contributed by atoms with Gasteiger partial charge in [-0.3, -0.25) is 0 Å². The van der Waals surface area contributed by atoms with Crippen LogP contribution >= 0.6 is 0 Å². The first-order valence-corrected chi connectivity index (χ1v) is 8.94. The van der Waals surface area contributed by atoms with Crippen molar-refractivity contribution >= 4 is 11.7 Å². The molecule has 2 aromatic rings. The predicted molar refractivity (Wildman–Crippen MR) is 101 cm³/mol. The van der Waals surface area contributed by atoms with Crippen LogP contribution in [0.15, 0.2) is 48.5 Å². The molecule has 5 nitrogen and oxygen atoms in total. The molecule has 0 aromatic heterocycles. The summed E-state index contributed by atoms with van der Waals surface area (Å²) in [6, 6.07) is 16.0. The minimum Gasteiger partial charge on any atom is -0.489 e. The summed E-state index contributed by atoms with van der Waals surface area (Å²) in [5, 5.41) is 12.6. The van der Waals surface area contributed by atoms with Crippen LogP contribution in [0.1, 0.15) is 32.3 Å². The third-order valence-corrected chi connectivity index (χ3v) is 4.52. The zero-order valence-electron chi connectivity index (χ0n) is 15.2. The Morgan fingerprint density at radius 3 is 2.69 bits per heavy atom. The average Bonchev–Trinajstić information content (AvgIpc) is 2.63. The normalized spacial score (nSPS) is 16.2. The van der Waals surface area contributed by atoms with Crippen molar-refractivity contribution in [2.45, 2.75) is 44.8 Å². The van der Waals surface area contributed by atoms with E-state index in [4.69, 9.17) is 14.6 Å². The molecule has 3 rings (SSSR count). The Balaban J connectivity index is 1.46. The van der Waals surface area contributed by atoms with Gasteiger partial charge < -0.3 is 19.9 Å². The van der Waals surface area contributed by atoms with E-state index in [2.05, 4.69) is 5.32 Å². The fourth-order valence-corrected chi connectivity index (χ4v) is 2.93. The molecule has 26 heavy (non-hydrogen) atoms. The van der Waals surface area contributed by atoms with Gasteiger partial charge in [0.25, 0.3) is 0 Å². The number of nitrogens with one attached hydrogen (secondary N) is 1. The molecular weight excluding hydrogens is 330 g/mol. The van der Waals surface area contributed by atoms with E-state index >= 15 is 0 Å². The van der Waals surface area contributed by atoms with Crippen molar-refractivity contribution in [3.05, 3.63) is 54.1 Å². The molecule has 2 N–H and O–H groups in total. The molecule has 0 aliphatic carbocycles. The van der Waals surface area contributed by atoms with Crippen molar-refractivity contribution in [3.63, 3.8) is 0 Å². The molecule has 0 radical (unpaired) electrons. The highest BCUT2D eigenvalue weighted by Crippen LogP contribution is 2.29. The van der Waals surface area contributed by atoms with E-state index in [-0.39, 0.29) is 0 Å². The number of aliphatic carboxylic acids is 1. The molecule has 0 bridgehead atoms. The van der Waals surface area contributed by atoms with Gasteiger partial charge in [-0.25, -0.2) is 4.79 Å². The van der Waals surface area contributed by atoms with Crippen LogP contribution in [-0.4, -0.2) is 29.3 Å². The third-order valence-electron chi connectivity index (χ3n) is 4.52. The van der Waals surface area contributed by atoms with Crippen molar-refractivity contribution in [2.75, 3.05) is 11.9 Å². The number of carbonyl (C=O) groups is 1. The Hall–Kier alpha value is -2.69. The maximum Gasteiger partial charge on any atom is 0.347 e. The quantitative estimate of drug-likeness (QED) is 0.782. The number of hydrogen-bond acceptors (Lipinski definition) is 4. The monoisotopic (exact) mass is 355 g/mol. The van der Waals surface area contributed by atoms with Crippen molar-refractivity contribution in [3.8, 4) is 11.5 Å². The first kappa shape index (κ1) is 18.1. The lowest BCUT2D eigenvalue weighted by Gasteiger charge is -2.27. The van der Waals surface area contributed by atoms with E-state index in [0.29, 0.717) is 18.4 Å². The molecule has 0 saturated carbocycles. The number of hydrogen-bond donors (Lipinski definition) is 2. The third kappa shape index (κ3) is 4.48. The molecule has 1 aliphatic rings. The Bertz CT molecular complexity index is 755. The van der Waals surface area contributed by atoms with E-state index in [0.717, 1.165) is 30.7 Å². The first-order valence-electron chi connectivity index (χ1n) is 8.94. The molecule has 0 spiro atoms. The summed E-state index contributed by atoms with van der Waals surface area (Å²) >= 11 is 0. The maximum atomic E-state index is 11.1. The molecule has 0 amide bonds. The number of ether oxygens (including phenoxy) is 2. The molecule has 5 heteroatoms. The molecule has 0 fully saturated rings. The number of carboxylic acid groups (broad SMARTS) is 1. The van der Waals surface area contributed by atoms with Crippen molar-refractivity contribution in [1.82, 2.24) is 0 Å². The number of carboxylic acids is 1. The van der Waals surface area contributed by atoms with Crippen LogP contribution in [0.2, 0.25) is 0 Å². The van der Waals surface area contributed by atoms with E-state index in [1.807, 2.05) is 48.5 Å². The highest BCUT2D eigenvalue weighted by atomic mass is 16.5. The van der Waals surface area contributed by atoms with Crippen molar-refractivity contribution in [1.29, 1.82) is 0 Å². The topological polar surface area (TPSA) is 67.8 Å². The summed E-state index contributed by atoms with van der Waals surface area (Å²) in [5.74, 6) is 0.508. The van der Waals surface area contributed by atoms with Crippen LogP contribution in [-0.2, 0) is 11.2 Å². The van der Waals surface area contributed by atoms with Crippen LogP contribution in [0.3, 0.4) is 0 Å². The average molecular weight is 355 g/mol. The minimum atomic E-state index is -1.23. The van der Waals surface area contributed by atoms with Gasteiger partial charge >= 0.3 is 5.97 Å². The zero-order valence-corrected chi connectivity index (χ0v) is 15.2. The smallest absolute Gasteiger partial charge is 0.347 e. The molecule has 0 saturated heterocycles. The molecule has 138 valence electrons. The van der Waals surface area contributed by atoms with Gasteiger partial charge in [-0.2, -0.15) is 0 Å². The largest absolute Gasteiger partial charge is 0.489 e. The predicted octanol–water partition coefficient (Wildman–Crippen LogP) is 4.12. The van der Waals surface area contributed by atoms with E-state index in [9.17, 15) is 4.79 Å². The SMILES string of the molecule is CC(C)(Oc1ccc(CCCC2COc3ccccc3N2)cc1)C(=O)O. The lowest BCUT2D eigenvalue weighted by atomic mass is 10.0. The summed E-state index contributed by atoms with van der Waals surface area (Å²) in [5.41, 5.74) is 1.04. The van der Waals surface area contributed by atoms with Crippen LogP contribution in [0, 0.1) is 0 Å². The second-order valence-corrected chi connectivity index (χ2v) is 7.10. The van der Waals surface area contributed by atoms with Crippen molar-refractivity contribution in [2.24, 2.45) is 0 Å². The molecular formula is C21H25NO4. The molecule has 1 unspecified atom stereocenters. The number of rotatable bonds is 7. The first-order chi connectivity index (χ1) is 12.4. The molecule has 2 aromatic carbocycles. The second kappa shape index (κ2) is 7.68. The second-order valence-electron chi connectivity index (χ2n) is 7.10. The Morgan fingerprint density at radius 1 is 1.23 bits per heavy atom. The summed E-state index contributed by atoms with van der Waals surface area (Å²) < 4.78 is 11.3. The lowest BCUT2D eigenvalue weighted by Crippen LogP contribution is -2.37. The summed E-state index contributed by atoms with van der Waals surface area (Å²) in [6.45, 7) is 3.77. The van der Waals surface area contributed by atoms with Gasteiger partial charge in [0.15, 0.2) is 5.60 Å². The fourth-order valence-electron chi connectivity index (χ4n) is 2.93. The van der Waals surface area contributed by atoms with Gasteiger partial charge in [0.05, 0.1) is 11.7 Å². The number of anilines is 1. The van der Waals surface area contributed by atoms with E-state index in [1.165, 1.54) is 5.56 Å². The van der Waals surface area contributed by atoms with Gasteiger partial charge in [-0.1, -0.05) is 24.3 Å². The van der Waals surface area contributed by atoms with Gasteiger partial charge in [0, 0.05) is 0 Å². The Kier molecular flexibility index (Phi) is 5.35. The molecule has 1 atom stereocenters. The van der Waals surface area contributed by atoms with Crippen LogP contribution in [0.25, 0.3) is 0 Å². The Morgan fingerprint density at radius 2 is 1.96 bits per heavy atom. The summed E-state index contributed by atoms with van der Waals surface area (Å²) in [4.78, 5) is 11.1. The maximum absolute atomic E-state index is 11.1. The van der Waals surface area contributed by atoms with Crippen LogP contribution in [0.5, 0.6) is 11.5 Å². The van der Waals surface area contributed by atoms with Gasteiger partial charge in [0.1, 0.15) is 18.1 Å². The van der Waals surface area contributed by atoms with E-state index < -0.39 is 11.6 Å². The number of benzene rings is 2. The fraction of sp³-hybridized carbons (Fsp3) is 0.381. The number of aryl methyl sites for hydroxylation is 1. The van der Waals surface area contributed by atoms with Crippen molar-refractivity contribution < 1.29 is 19.4 Å².